The molecule has 3 rings (SSSR count). The second-order valence-corrected chi connectivity index (χ2v) is 7.72. The zero-order valence-corrected chi connectivity index (χ0v) is 17.6. The number of hydrogen-bond donors (Lipinski definition) is 1. The summed E-state index contributed by atoms with van der Waals surface area (Å²) in [6, 6.07) is 11.5. The van der Waals surface area contributed by atoms with Crippen LogP contribution in [0.3, 0.4) is 0 Å². The Balaban J connectivity index is 1.55. The zero-order chi connectivity index (χ0) is 20.6. The molecule has 1 aromatic carbocycles. The highest BCUT2D eigenvalue weighted by Crippen LogP contribution is 2.21. The number of nitrogens with zero attached hydrogens (tertiary/aromatic N) is 3. The number of nitrogens with one attached hydrogen (secondary N) is 1. The molecule has 150 valence electrons. The summed E-state index contributed by atoms with van der Waals surface area (Å²) in [4.78, 5) is 22.9. The van der Waals surface area contributed by atoms with Crippen molar-refractivity contribution >= 4 is 29.1 Å². The molecule has 0 saturated carbocycles. The molecule has 0 fully saturated rings. The second-order valence-electron chi connectivity index (χ2n) is 6.65. The largest absolute Gasteiger partial charge is 0.487 e. The molecule has 7 heteroatoms. The smallest absolute Gasteiger partial charge is 0.244 e. The first-order chi connectivity index (χ1) is 14.0. The van der Waals surface area contributed by atoms with Gasteiger partial charge in [-0.05, 0) is 30.7 Å². The van der Waals surface area contributed by atoms with Crippen LogP contribution in [0.2, 0.25) is 0 Å². The SMILES string of the molecule is Cc1nc(COc2ccccc2/C=C/C(=O)NCc2ccc(N(C)C)nc2)cs1. The molecular formula is C22H24N4O2S. The Morgan fingerprint density at radius 3 is 2.76 bits per heavy atom. The molecule has 0 radical (unpaired) electrons. The second kappa shape index (κ2) is 9.84. The minimum atomic E-state index is -0.174. The first-order valence-corrected chi connectivity index (χ1v) is 10.1. The summed E-state index contributed by atoms with van der Waals surface area (Å²) >= 11 is 1.60. The van der Waals surface area contributed by atoms with Crippen molar-refractivity contribution in [2.45, 2.75) is 20.1 Å². The molecule has 0 bridgehead atoms. The summed E-state index contributed by atoms with van der Waals surface area (Å²) in [6.07, 6.45) is 5.03. The first kappa shape index (κ1) is 20.5. The average Bonchev–Trinajstić information content (AvgIpc) is 3.15. The molecule has 2 heterocycles. The van der Waals surface area contributed by atoms with Crippen LogP contribution in [-0.4, -0.2) is 30.0 Å². The Labute approximate surface area is 174 Å². The fourth-order valence-electron chi connectivity index (χ4n) is 2.58. The number of para-hydroxylation sites is 1. The maximum Gasteiger partial charge on any atom is 0.244 e. The minimum absolute atomic E-state index is 0.174. The average molecular weight is 409 g/mol. The van der Waals surface area contributed by atoms with Crippen molar-refractivity contribution in [2.24, 2.45) is 0 Å². The van der Waals surface area contributed by atoms with E-state index in [1.807, 2.05) is 67.7 Å². The maximum atomic E-state index is 12.2. The van der Waals surface area contributed by atoms with E-state index in [1.165, 1.54) is 6.08 Å². The lowest BCUT2D eigenvalue weighted by atomic mass is 10.2. The summed E-state index contributed by atoms with van der Waals surface area (Å²) in [5.74, 6) is 1.42. The van der Waals surface area contributed by atoms with Gasteiger partial charge in [-0.2, -0.15) is 0 Å². The Hall–Kier alpha value is -3.19. The van der Waals surface area contributed by atoms with Crippen LogP contribution in [0.4, 0.5) is 5.82 Å². The van der Waals surface area contributed by atoms with Crippen molar-refractivity contribution in [3.8, 4) is 5.75 Å². The van der Waals surface area contributed by atoms with Crippen molar-refractivity contribution in [2.75, 3.05) is 19.0 Å². The number of ether oxygens (including phenoxy) is 1. The molecule has 6 nitrogen and oxygen atoms in total. The molecule has 0 atom stereocenters. The summed E-state index contributed by atoms with van der Waals surface area (Å²) in [6.45, 7) is 2.79. The number of aromatic nitrogens is 2. The maximum absolute atomic E-state index is 12.2. The van der Waals surface area contributed by atoms with Gasteiger partial charge >= 0.3 is 0 Å². The highest BCUT2D eigenvalue weighted by atomic mass is 32.1. The summed E-state index contributed by atoms with van der Waals surface area (Å²) in [5, 5.41) is 5.87. The third-order valence-electron chi connectivity index (χ3n) is 4.11. The van der Waals surface area contributed by atoms with E-state index in [9.17, 15) is 4.79 Å². The first-order valence-electron chi connectivity index (χ1n) is 9.22. The van der Waals surface area contributed by atoms with Gasteiger partial charge in [0.25, 0.3) is 0 Å². The van der Waals surface area contributed by atoms with Crippen molar-refractivity contribution < 1.29 is 9.53 Å². The fraction of sp³-hybridized carbons (Fsp3) is 0.227. The number of carbonyl (C=O) groups excluding carboxylic acids is 1. The molecule has 29 heavy (non-hydrogen) atoms. The van der Waals surface area contributed by atoms with Crippen LogP contribution < -0.4 is 15.0 Å². The van der Waals surface area contributed by atoms with Gasteiger partial charge in [0.1, 0.15) is 18.2 Å². The number of anilines is 1. The molecule has 1 amide bonds. The van der Waals surface area contributed by atoms with E-state index in [1.54, 1.807) is 23.6 Å². The normalized spacial score (nSPS) is 10.9. The molecule has 3 aromatic rings. The number of amides is 1. The standard InChI is InChI=1S/C22H24N4O2S/c1-16-25-19(15-29-16)14-28-20-7-5-4-6-18(20)9-11-22(27)24-13-17-8-10-21(23-12-17)26(2)3/h4-12,15H,13-14H2,1-3H3,(H,24,27)/b11-9+. The quantitative estimate of drug-likeness (QED) is 0.574. The number of thiazole rings is 1. The van der Waals surface area contributed by atoms with Gasteiger partial charge in [0.15, 0.2) is 0 Å². The van der Waals surface area contributed by atoms with Crippen LogP contribution >= 0.6 is 11.3 Å². The van der Waals surface area contributed by atoms with Crippen molar-refractivity contribution in [1.29, 1.82) is 0 Å². The molecule has 2 aromatic heterocycles. The highest BCUT2D eigenvalue weighted by Gasteiger charge is 2.04. The number of rotatable bonds is 8. The number of carbonyl (C=O) groups is 1. The van der Waals surface area contributed by atoms with Gasteiger partial charge in [-0.3, -0.25) is 4.79 Å². The van der Waals surface area contributed by atoms with Gasteiger partial charge in [-0.1, -0.05) is 24.3 Å². The molecule has 1 N–H and O–H groups in total. The van der Waals surface area contributed by atoms with Crippen LogP contribution in [0.1, 0.15) is 21.8 Å². The van der Waals surface area contributed by atoms with E-state index in [-0.39, 0.29) is 5.91 Å². The third kappa shape index (κ3) is 6.15. The van der Waals surface area contributed by atoms with Gasteiger partial charge in [-0.25, -0.2) is 9.97 Å². The van der Waals surface area contributed by atoms with Gasteiger partial charge < -0.3 is 15.0 Å². The van der Waals surface area contributed by atoms with Crippen LogP contribution in [0.15, 0.2) is 54.1 Å². The van der Waals surface area contributed by atoms with E-state index < -0.39 is 0 Å². The van der Waals surface area contributed by atoms with Crippen LogP contribution in [0.5, 0.6) is 5.75 Å². The lowest BCUT2D eigenvalue weighted by molar-refractivity contribution is -0.116. The van der Waals surface area contributed by atoms with Gasteiger partial charge in [0, 0.05) is 43.9 Å². The monoisotopic (exact) mass is 408 g/mol. The highest BCUT2D eigenvalue weighted by molar-refractivity contribution is 7.09. The number of benzene rings is 1. The topological polar surface area (TPSA) is 67.3 Å². The molecule has 0 saturated heterocycles. The Morgan fingerprint density at radius 1 is 1.24 bits per heavy atom. The van der Waals surface area contributed by atoms with Crippen molar-refractivity contribution in [1.82, 2.24) is 15.3 Å². The Bertz CT molecular complexity index is 980. The van der Waals surface area contributed by atoms with E-state index >= 15 is 0 Å². The predicted molar refractivity (Wildman–Crippen MR) is 117 cm³/mol. The lowest BCUT2D eigenvalue weighted by Gasteiger charge is -2.11. The van der Waals surface area contributed by atoms with Crippen molar-refractivity contribution in [3.63, 3.8) is 0 Å². The summed E-state index contributed by atoms with van der Waals surface area (Å²) in [7, 11) is 3.88. The molecule has 0 spiro atoms. The Morgan fingerprint density at radius 2 is 2.07 bits per heavy atom. The van der Waals surface area contributed by atoms with Gasteiger partial charge in [0.2, 0.25) is 5.91 Å². The zero-order valence-electron chi connectivity index (χ0n) is 16.8. The molecule has 0 aliphatic rings. The fourth-order valence-corrected chi connectivity index (χ4v) is 3.17. The van der Waals surface area contributed by atoms with Gasteiger partial charge in [-0.15, -0.1) is 11.3 Å². The van der Waals surface area contributed by atoms with Crippen LogP contribution in [-0.2, 0) is 17.9 Å². The molecule has 0 unspecified atom stereocenters. The number of hydrogen-bond acceptors (Lipinski definition) is 6. The van der Waals surface area contributed by atoms with Crippen LogP contribution in [0.25, 0.3) is 6.08 Å². The van der Waals surface area contributed by atoms with E-state index in [2.05, 4.69) is 15.3 Å². The predicted octanol–water partition coefficient (Wildman–Crippen LogP) is 3.82. The molecule has 0 aliphatic heterocycles. The molecule has 0 aliphatic carbocycles. The minimum Gasteiger partial charge on any atom is -0.487 e. The summed E-state index contributed by atoms with van der Waals surface area (Å²) < 4.78 is 5.88. The van der Waals surface area contributed by atoms with E-state index in [4.69, 9.17) is 4.74 Å². The summed E-state index contributed by atoms with van der Waals surface area (Å²) in [5.41, 5.74) is 2.68. The van der Waals surface area contributed by atoms with E-state index in [0.717, 1.165) is 27.6 Å². The Kier molecular flexibility index (Phi) is 6.97. The van der Waals surface area contributed by atoms with E-state index in [0.29, 0.717) is 18.9 Å². The van der Waals surface area contributed by atoms with Gasteiger partial charge in [0.05, 0.1) is 10.7 Å². The number of pyridine rings is 1. The lowest BCUT2D eigenvalue weighted by Crippen LogP contribution is -2.20. The third-order valence-corrected chi connectivity index (χ3v) is 4.93. The number of aryl methyl sites for hydroxylation is 1. The van der Waals surface area contributed by atoms with Crippen molar-refractivity contribution in [3.05, 3.63) is 75.9 Å². The molecular weight excluding hydrogens is 384 g/mol. The van der Waals surface area contributed by atoms with Crippen LogP contribution in [0, 0.1) is 6.92 Å².